The number of aromatic nitrogens is 4. The van der Waals surface area contributed by atoms with Crippen LogP contribution in [0, 0.1) is 6.92 Å². The Morgan fingerprint density at radius 1 is 0.971 bits per heavy atom. The molecule has 3 heterocycles. The van der Waals surface area contributed by atoms with Crippen LogP contribution in [0.1, 0.15) is 17.7 Å². The van der Waals surface area contributed by atoms with Gasteiger partial charge in [-0.1, -0.05) is 66.7 Å². The van der Waals surface area contributed by atoms with Crippen LogP contribution in [0.5, 0.6) is 5.88 Å². The molecule has 0 atom stereocenters. The first-order chi connectivity index (χ1) is 17.1. The Hall–Kier alpha value is -4.19. The predicted molar refractivity (Wildman–Crippen MR) is 140 cm³/mol. The van der Waals surface area contributed by atoms with Crippen LogP contribution in [0.2, 0.25) is 0 Å². The van der Waals surface area contributed by atoms with Crippen molar-refractivity contribution in [1.82, 2.24) is 24.6 Å². The Bertz CT molecular complexity index is 1370. The van der Waals surface area contributed by atoms with Crippen molar-refractivity contribution in [3.8, 4) is 28.4 Å². The first kappa shape index (κ1) is 22.6. The van der Waals surface area contributed by atoms with Crippen molar-refractivity contribution in [2.75, 3.05) is 20.2 Å². The SMILES string of the molecule is C=C(Cn1nc(-c2cccc(C)c2)cc1-c1ccccc1)N1CC=C(c2cc(OC)ncn2)CC1. The van der Waals surface area contributed by atoms with Crippen LogP contribution in [0.25, 0.3) is 28.1 Å². The third-order valence-corrected chi connectivity index (χ3v) is 6.33. The summed E-state index contributed by atoms with van der Waals surface area (Å²) >= 11 is 0. The minimum Gasteiger partial charge on any atom is -0.481 e. The maximum absolute atomic E-state index is 5.25. The lowest BCUT2D eigenvalue weighted by molar-refractivity contribution is 0.354. The lowest BCUT2D eigenvalue weighted by Crippen LogP contribution is -2.29. The minimum absolute atomic E-state index is 0.583. The van der Waals surface area contributed by atoms with Crippen molar-refractivity contribution in [1.29, 1.82) is 0 Å². The van der Waals surface area contributed by atoms with Gasteiger partial charge in [0.25, 0.3) is 0 Å². The molecule has 1 aliphatic rings. The van der Waals surface area contributed by atoms with Gasteiger partial charge < -0.3 is 9.64 Å². The van der Waals surface area contributed by atoms with E-state index < -0.39 is 0 Å². The Morgan fingerprint density at radius 3 is 2.54 bits per heavy atom. The average molecular weight is 464 g/mol. The van der Waals surface area contributed by atoms with E-state index in [9.17, 15) is 0 Å². The first-order valence-corrected chi connectivity index (χ1v) is 11.8. The predicted octanol–water partition coefficient (Wildman–Crippen LogP) is 5.63. The number of methoxy groups -OCH3 is 1. The Balaban J connectivity index is 1.37. The van der Waals surface area contributed by atoms with Gasteiger partial charge in [-0.15, -0.1) is 0 Å². The number of hydrogen-bond acceptors (Lipinski definition) is 5. The first-order valence-electron chi connectivity index (χ1n) is 11.8. The van der Waals surface area contributed by atoms with E-state index in [4.69, 9.17) is 9.84 Å². The van der Waals surface area contributed by atoms with E-state index in [-0.39, 0.29) is 0 Å². The smallest absolute Gasteiger partial charge is 0.216 e. The summed E-state index contributed by atoms with van der Waals surface area (Å²) in [6.45, 7) is 8.82. The quantitative estimate of drug-likeness (QED) is 0.356. The van der Waals surface area contributed by atoms with Gasteiger partial charge in [0, 0.05) is 30.4 Å². The van der Waals surface area contributed by atoms with Gasteiger partial charge in [0.2, 0.25) is 5.88 Å². The molecule has 0 amide bonds. The zero-order chi connectivity index (χ0) is 24.2. The molecule has 0 saturated carbocycles. The van der Waals surface area contributed by atoms with E-state index in [1.165, 1.54) is 11.1 Å². The van der Waals surface area contributed by atoms with Crippen LogP contribution >= 0.6 is 0 Å². The molecule has 1 aliphatic heterocycles. The van der Waals surface area contributed by atoms with Crippen LogP contribution in [0.3, 0.4) is 0 Å². The normalized spacial score (nSPS) is 13.4. The van der Waals surface area contributed by atoms with E-state index in [1.54, 1.807) is 13.4 Å². The minimum atomic E-state index is 0.583. The van der Waals surface area contributed by atoms with Crippen LogP contribution in [0.15, 0.2) is 91.4 Å². The lowest BCUT2D eigenvalue weighted by atomic mass is 10.0. The van der Waals surface area contributed by atoms with Gasteiger partial charge in [-0.25, -0.2) is 9.97 Å². The number of ether oxygens (including phenoxy) is 1. The zero-order valence-electron chi connectivity index (χ0n) is 20.2. The standard InChI is InChI=1S/C29H29N5O/c1-21-8-7-11-25(16-21)27-17-28(24-9-5-4-6-10-24)34(32-27)19-22(2)33-14-12-23(13-15-33)26-18-29(35-3)31-20-30-26/h4-12,16-18,20H,2,13-15,19H2,1,3H3. The van der Waals surface area contributed by atoms with Gasteiger partial charge in [0.15, 0.2) is 0 Å². The fourth-order valence-corrected chi connectivity index (χ4v) is 4.41. The highest BCUT2D eigenvalue weighted by atomic mass is 16.5. The number of aryl methyl sites for hydroxylation is 1. The Morgan fingerprint density at radius 2 is 1.80 bits per heavy atom. The molecule has 6 heteroatoms. The Labute approximate surface area is 206 Å². The topological polar surface area (TPSA) is 56.1 Å². The van der Waals surface area contributed by atoms with Crippen molar-refractivity contribution < 1.29 is 4.74 Å². The maximum atomic E-state index is 5.25. The fourth-order valence-electron chi connectivity index (χ4n) is 4.41. The molecule has 0 unspecified atom stereocenters. The molecule has 35 heavy (non-hydrogen) atoms. The zero-order valence-corrected chi connectivity index (χ0v) is 20.2. The molecule has 2 aromatic carbocycles. The van der Waals surface area contributed by atoms with E-state index in [2.05, 4.69) is 93.7 Å². The van der Waals surface area contributed by atoms with Gasteiger partial charge in [-0.2, -0.15) is 5.10 Å². The third kappa shape index (κ3) is 5.01. The van der Waals surface area contributed by atoms with Crippen LogP contribution in [-0.2, 0) is 6.54 Å². The summed E-state index contributed by atoms with van der Waals surface area (Å²) in [7, 11) is 1.62. The molecule has 0 spiro atoms. The summed E-state index contributed by atoms with van der Waals surface area (Å²) in [4.78, 5) is 10.8. The second kappa shape index (κ2) is 9.97. The maximum Gasteiger partial charge on any atom is 0.216 e. The molecule has 5 rings (SSSR count). The highest BCUT2D eigenvalue weighted by Crippen LogP contribution is 2.29. The molecule has 0 aliphatic carbocycles. The van der Waals surface area contributed by atoms with Crippen molar-refractivity contribution in [2.24, 2.45) is 0 Å². The Kier molecular flexibility index (Phi) is 6.44. The van der Waals surface area contributed by atoms with Gasteiger partial charge in [0.1, 0.15) is 6.33 Å². The lowest BCUT2D eigenvalue weighted by Gasteiger charge is -2.30. The highest BCUT2D eigenvalue weighted by molar-refractivity contribution is 5.69. The number of nitrogens with zero attached hydrogens (tertiary/aromatic N) is 5. The number of rotatable bonds is 7. The van der Waals surface area contributed by atoms with Gasteiger partial charge in [-0.3, -0.25) is 4.68 Å². The van der Waals surface area contributed by atoms with Crippen molar-refractivity contribution >= 4 is 5.57 Å². The average Bonchev–Trinajstić information content (AvgIpc) is 3.33. The van der Waals surface area contributed by atoms with Crippen molar-refractivity contribution in [3.05, 3.63) is 103 Å². The van der Waals surface area contributed by atoms with Crippen molar-refractivity contribution in [3.63, 3.8) is 0 Å². The molecule has 176 valence electrons. The second-order valence-electron chi connectivity index (χ2n) is 8.75. The molecule has 0 saturated heterocycles. The fraction of sp³-hybridized carbons (Fsp3) is 0.207. The monoisotopic (exact) mass is 463 g/mol. The van der Waals surface area contributed by atoms with E-state index in [1.807, 2.05) is 12.1 Å². The summed E-state index contributed by atoms with van der Waals surface area (Å²) in [5, 5.41) is 5.00. The molecule has 0 radical (unpaired) electrons. The molecule has 4 aromatic rings. The van der Waals surface area contributed by atoms with Gasteiger partial charge in [-0.05, 0) is 36.6 Å². The van der Waals surface area contributed by atoms with Gasteiger partial charge in [0.05, 0.1) is 30.7 Å². The van der Waals surface area contributed by atoms with Crippen molar-refractivity contribution in [2.45, 2.75) is 19.9 Å². The second-order valence-corrected chi connectivity index (χ2v) is 8.75. The summed E-state index contributed by atoms with van der Waals surface area (Å²) in [6, 6.07) is 23.0. The summed E-state index contributed by atoms with van der Waals surface area (Å²) in [5.74, 6) is 0.583. The molecule has 0 bridgehead atoms. The largest absolute Gasteiger partial charge is 0.481 e. The molecule has 0 N–H and O–H groups in total. The summed E-state index contributed by atoms with van der Waals surface area (Å²) in [5.41, 5.74) is 8.71. The number of allylic oxidation sites excluding steroid dienone is 1. The van der Waals surface area contributed by atoms with Crippen LogP contribution in [0.4, 0.5) is 0 Å². The van der Waals surface area contributed by atoms with Crippen LogP contribution in [-0.4, -0.2) is 44.8 Å². The molecular weight excluding hydrogens is 434 g/mol. The highest BCUT2D eigenvalue weighted by Gasteiger charge is 2.18. The van der Waals surface area contributed by atoms with Gasteiger partial charge >= 0.3 is 0 Å². The van der Waals surface area contributed by atoms with E-state index in [0.29, 0.717) is 12.4 Å². The third-order valence-electron chi connectivity index (χ3n) is 6.33. The number of benzene rings is 2. The van der Waals surface area contributed by atoms with E-state index in [0.717, 1.165) is 53.4 Å². The molecule has 2 aromatic heterocycles. The van der Waals surface area contributed by atoms with Crippen LogP contribution < -0.4 is 4.74 Å². The molecule has 6 nitrogen and oxygen atoms in total. The molecular formula is C29H29N5O. The van der Waals surface area contributed by atoms with E-state index >= 15 is 0 Å². The summed E-state index contributed by atoms with van der Waals surface area (Å²) in [6.07, 6.45) is 4.66. The number of hydrogen-bond donors (Lipinski definition) is 0. The summed E-state index contributed by atoms with van der Waals surface area (Å²) < 4.78 is 7.32. The molecule has 0 fully saturated rings.